The quantitative estimate of drug-likeness (QED) is 0.128. The number of hydrogen-bond acceptors (Lipinski definition) is 2. The molecule has 0 saturated carbocycles. The summed E-state index contributed by atoms with van der Waals surface area (Å²) in [7, 11) is 0. The van der Waals surface area contributed by atoms with E-state index >= 15 is 0 Å². The SMILES string of the molecule is CCCCCCCCCCCCCCCCCC(=O)NC#N.[Pb]. The molecule has 0 unspecified atom stereocenters. The summed E-state index contributed by atoms with van der Waals surface area (Å²) in [5.74, 6) is -0.141. The molecule has 0 spiro atoms. The average molecular weight is 516 g/mol. The van der Waals surface area contributed by atoms with Gasteiger partial charge >= 0.3 is 0 Å². The van der Waals surface area contributed by atoms with Crippen LogP contribution in [-0.4, -0.2) is 33.2 Å². The van der Waals surface area contributed by atoms with E-state index in [-0.39, 0.29) is 33.2 Å². The van der Waals surface area contributed by atoms with Crippen molar-refractivity contribution in [1.82, 2.24) is 5.32 Å². The van der Waals surface area contributed by atoms with Crippen molar-refractivity contribution in [1.29, 1.82) is 5.26 Å². The van der Waals surface area contributed by atoms with Crippen molar-refractivity contribution in [2.45, 2.75) is 110 Å². The molecule has 0 aromatic rings. The Morgan fingerprint density at radius 3 is 1.43 bits per heavy atom. The maximum atomic E-state index is 11.0. The third kappa shape index (κ3) is 21.9. The van der Waals surface area contributed by atoms with Crippen LogP contribution in [0.5, 0.6) is 0 Å². The zero-order valence-corrected chi connectivity index (χ0v) is 19.1. The van der Waals surface area contributed by atoms with Gasteiger partial charge in [-0.2, -0.15) is 5.26 Å². The Hall–Kier alpha value is -0.118. The second-order valence-electron chi connectivity index (χ2n) is 6.36. The summed E-state index contributed by atoms with van der Waals surface area (Å²) in [6, 6.07) is 0. The van der Waals surface area contributed by atoms with Crippen LogP contribution in [0.3, 0.4) is 0 Å². The van der Waals surface area contributed by atoms with Gasteiger partial charge < -0.3 is 0 Å². The van der Waals surface area contributed by atoms with Gasteiger partial charge in [-0.25, -0.2) is 0 Å². The zero-order chi connectivity index (χ0) is 16.3. The van der Waals surface area contributed by atoms with E-state index in [0.29, 0.717) is 6.42 Å². The first-order valence-electron chi connectivity index (χ1n) is 9.49. The Bertz CT molecular complexity index is 290. The van der Waals surface area contributed by atoms with Crippen molar-refractivity contribution in [3.05, 3.63) is 0 Å². The number of nitriles is 1. The molecule has 4 radical (unpaired) electrons. The largest absolute Gasteiger partial charge is 0.274 e. The Labute approximate surface area is 164 Å². The molecule has 0 aromatic carbocycles. The predicted molar refractivity (Wildman–Crippen MR) is 99.1 cm³/mol. The molecule has 0 aromatic heterocycles. The molecular weight excluding hydrogens is 479 g/mol. The number of nitrogens with one attached hydrogen (secondary N) is 1. The van der Waals surface area contributed by atoms with Gasteiger partial charge in [-0.1, -0.05) is 96.8 Å². The number of rotatable bonds is 16. The monoisotopic (exact) mass is 516 g/mol. The van der Waals surface area contributed by atoms with Gasteiger partial charge in [0.05, 0.1) is 0 Å². The molecule has 0 aliphatic carbocycles. The van der Waals surface area contributed by atoms with E-state index in [1.165, 1.54) is 83.5 Å². The minimum atomic E-state index is -0.141. The fourth-order valence-corrected chi connectivity index (χ4v) is 2.78. The molecule has 0 aliphatic heterocycles. The smallest absolute Gasteiger partial charge is 0.232 e. The average Bonchev–Trinajstić information content (AvgIpc) is 2.51. The van der Waals surface area contributed by atoms with Gasteiger partial charge in [-0.3, -0.25) is 10.1 Å². The van der Waals surface area contributed by atoms with Crippen LogP contribution in [0.1, 0.15) is 110 Å². The van der Waals surface area contributed by atoms with E-state index in [4.69, 9.17) is 5.26 Å². The van der Waals surface area contributed by atoms with Crippen molar-refractivity contribution in [3.8, 4) is 6.19 Å². The number of amides is 1. The second kappa shape index (κ2) is 21.9. The molecule has 23 heavy (non-hydrogen) atoms. The normalized spacial score (nSPS) is 9.91. The van der Waals surface area contributed by atoms with Crippen molar-refractivity contribution in [2.75, 3.05) is 0 Å². The number of carbonyl (C=O) groups excluding carboxylic acids is 1. The molecule has 0 aliphatic rings. The molecule has 4 heteroatoms. The Morgan fingerprint density at radius 1 is 0.739 bits per heavy atom. The molecule has 0 saturated heterocycles. The Kier molecular flexibility index (Phi) is 23.9. The zero-order valence-electron chi connectivity index (χ0n) is 15.2. The fourth-order valence-electron chi connectivity index (χ4n) is 2.78. The van der Waals surface area contributed by atoms with Crippen LogP contribution in [0, 0.1) is 11.5 Å². The standard InChI is InChI=1S/C19H36N2O.Pb/c1-2-3-4-5-6-7-8-9-10-11-12-13-14-15-16-17-19(22)21-18-20;/h2-17H2,1H3,(H,21,22);. The van der Waals surface area contributed by atoms with Crippen molar-refractivity contribution >= 4 is 33.2 Å². The number of unbranched alkanes of at least 4 members (excludes halogenated alkanes) is 14. The summed E-state index contributed by atoms with van der Waals surface area (Å²) in [6.07, 6.45) is 22.1. The molecule has 0 bridgehead atoms. The van der Waals surface area contributed by atoms with E-state index < -0.39 is 0 Å². The predicted octanol–water partition coefficient (Wildman–Crippen LogP) is 5.46. The van der Waals surface area contributed by atoms with Crippen LogP contribution < -0.4 is 5.32 Å². The van der Waals surface area contributed by atoms with E-state index in [2.05, 4.69) is 12.2 Å². The summed E-state index contributed by atoms with van der Waals surface area (Å²) < 4.78 is 0. The van der Waals surface area contributed by atoms with Crippen LogP contribution in [0.25, 0.3) is 0 Å². The first-order chi connectivity index (χ1) is 10.8. The molecule has 3 nitrogen and oxygen atoms in total. The number of nitrogens with zero attached hydrogens (tertiary/aromatic N) is 1. The van der Waals surface area contributed by atoms with Gasteiger partial charge in [-0.05, 0) is 6.42 Å². The summed E-state index contributed by atoms with van der Waals surface area (Å²) in [5.41, 5.74) is 0. The van der Waals surface area contributed by atoms with Gasteiger partial charge in [-0.15, -0.1) is 0 Å². The Morgan fingerprint density at radius 2 is 1.09 bits per heavy atom. The summed E-state index contributed by atoms with van der Waals surface area (Å²) in [4.78, 5) is 11.0. The van der Waals surface area contributed by atoms with Crippen LogP contribution in [0.2, 0.25) is 0 Å². The van der Waals surface area contributed by atoms with Crippen LogP contribution in [0.15, 0.2) is 0 Å². The second-order valence-corrected chi connectivity index (χ2v) is 6.36. The first kappa shape index (κ1) is 25.1. The van der Waals surface area contributed by atoms with Crippen molar-refractivity contribution < 1.29 is 4.79 Å². The topological polar surface area (TPSA) is 52.9 Å². The molecule has 0 atom stereocenters. The van der Waals surface area contributed by atoms with Gasteiger partial charge in [0, 0.05) is 33.7 Å². The maximum Gasteiger partial charge on any atom is 0.232 e. The van der Waals surface area contributed by atoms with Crippen LogP contribution in [0.4, 0.5) is 0 Å². The third-order valence-corrected chi connectivity index (χ3v) is 4.20. The van der Waals surface area contributed by atoms with Crippen molar-refractivity contribution in [3.63, 3.8) is 0 Å². The maximum absolute atomic E-state index is 11.0. The van der Waals surface area contributed by atoms with E-state index in [1.807, 2.05) is 0 Å². The summed E-state index contributed by atoms with van der Waals surface area (Å²) >= 11 is 0. The number of hydrogen-bond donors (Lipinski definition) is 1. The first-order valence-corrected chi connectivity index (χ1v) is 9.49. The molecule has 132 valence electrons. The molecular formula is C19H36N2OPb. The van der Waals surface area contributed by atoms with Gasteiger partial charge in [0.15, 0.2) is 6.19 Å². The minimum absolute atomic E-state index is 0. The third-order valence-electron chi connectivity index (χ3n) is 4.20. The fraction of sp³-hybridized carbons (Fsp3) is 0.895. The number of carbonyl (C=O) groups is 1. The van der Waals surface area contributed by atoms with Gasteiger partial charge in [0.25, 0.3) is 0 Å². The summed E-state index contributed by atoms with van der Waals surface area (Å²) in [5, 5.41) is 10.4. The van der Waals surface area contributed by atoms with Crippen molar-refractivity contribution in [2.24, 2.45) is 0 Å². The van der Waals surface area contributed by atoms with Gasteiger partial charge in [0.1, 0.15) is 0 Å². The molecule has 0 fully saturated rings. The van der Waals surface area contributed by atoms with E-state index in [0.717, 1.165) is 12.8 Å². The molecule has 0 rings (SSSR count). The summed E-state index contributed by atoms with van der Waals surface area (Å²) in [6.45, 7) is 2.27. The van der Waals surface area contributed by atoms with E-state index in [9.17, 15) is 4.79 Å². The van der Waals surface area contributed by atoms with Crippen LogP contribution in [-0.2, 0) is 4.79 Å². The molecule has 0 heterocycles. The molecule has 1 N–H and O–H groups in total. The molecule has 1 amide bonds. The van der Waals surface area contributed by atoms with Gasteiger partial charge in [0.2, 0.25) is 5.91 Å². The Balaban J connectivity index is 0. The minimum Gasteiger partial charge on any atom is -0.274 e. The van der Waals surface area contributed by atoms with E-state index in [1.54, 1.807) is 6.19 Å². The van der Waals surface area contributed by atoms with Crippen LogP contribution >= 0.6 is 0 Å².